The summed E-state index contributed by atoms with van der Waals surface area (Å²) in [6.07, 6.45) is -5.46. The van der Waals surface area contributed by atoms with E-state index < -0.39 is 37.3 Å². The van der Waals surface area contributed by atoms with Gasteiger partial charge in [0.05, 0.1) is 12.6 Å². The third-order valence-electron chi connectivity index (χ3n) is 2.04. The van der Waals surface area contributed by atoms with Crippen LogP contribution in [0.5, 0.6) is 0 Å². The smallest absolute Gasteiger partial charge is 0.183 e. The Morgan fingerprint density at radius 2 is 2.00 bits per heavy atom. The zero-order valence-electron chi connectivity index (χ0n) is 7.13. The summed E-state index contributed by atoms with van der Waals surface area (Å²) in [5.74, 6) is 0. The second-order valence-electron chi connectivity index (χ2n) is 2.93. The molecule has 8 nitrogen and oxygen atoms in total. The summed E-state index contributed by atoms with van der Waals surface area (Å²) in [6.45, 7) is -0.536. The summed E-state index contributed by atoms with van der Waals surface area (Å²) in [4.78, 5) is 2.45. The molecule has 1 saturated heterocycles. The van der Waals surface area contributed by atoms with Crippen molar-refractivity contribution >= 4 is 0 Å². The number of ether oxygens (including phenoxy) is 1. The highest BCUT2D eigenvalue weighted by atomic mass is 16.6. The van der Waals surface area contributed by atoms with Gasteiger partial charge in [0.25, 0.3) is 0 Å². The number of hydrogen-bond donors (Lipinski definition) is 4. The highest BCUT2D eigenvalue weighted by Crippen LogP contribution is 2.23. The Morgan fingerprint density at radius 3 is 2.36 bits per heavy atom. The van der Waals surface area contributed by atoms with Crippen LogP contribution < -0.4 is 0 Å². The van der Waals surface area contributed by atoms with E-state index in [2.05, 4.69) is 10.0 Å². The molecule has 4 N–H and O–H groups in total. The fourth-order valence-corrected chi connectivity index (χ4v) is 1.28. The fraction of sp³-hybridized carbons (Fsp3) is 1.00. The Labute approximate surface area is 79.0 Å². The first-order valence-electron chi connectivity index (χ1n) is 3.96. The van der Waals surface area contributed by atoms with Gasteiger partial charge in [-0.25, -0.2) is 0 Å². The van der Waals surface area contributed by atoms with E-state index in [0.717, 1.165) is 0 Å². The molecule has 14 heavy (non-hydrogen) atoms. The molecular formula is C6H11N3O5. The fourth-order valence-electron chi connectivity index (χ4n) is 1.28. The van der Waals surface area contributed by atoms with Gasteiger partial charge in [-0.2, -0.15) is 0 Å². The molecule has 80 valence electrons. The van der Waals surface area contributed by atoms with E-state index in [1.54, 1.807) is 0 Å². The van der Waals surface area contributed by atoms with Crippen LogP contribution in [0, 0.1) is 0 Å². The molecule has 0 spiro atoms. The van der Waals surface area contributed by atoms with Crippen LogP contribution >= 0.6 is 0 Å². The van der Waals surface area contributed by atoms with Crippen molar-refractivity contribution in [3.8, 4) is 0 Å². The van der Waals surface area contributed by atoms with Crippen LogP contribution in [-0.2, 0) is 4.74 Å². The highest BCUT2D eigenvalue weighted by molar-refractivity contribution is 4.93. The average Bonchev–Trinajstić information content (AvgIpc) is 2.42. The van der Waals surface area contributed by atoms with Crippen molar-refractivity contribution in [3.63, 3.8) is 0 Å². The lowest BCUT2D eigenvalue weighted by molar-refractivity contribution is -0.131. The molecule has 0 aromatic heterocycles. The summed E-state index contributed by atoms with van der Waals surface area (Å²) in [5, 5.41) is 39.4. The molecule has 1 aliphatic heterocycles. The largest absolute Gasteiger partial charge is 0.396 e. The Morgan fingerprint density at radius 1 is 1.36 bits per heavy atom. The van der Waals surface area contributed by atoms with E-state index in [0.29, 0.717) is 0 Å². The van der Waals surface area contributed by atoms with Gasteiger partial charge in [-0.15, -0.1) is 0 Å². The predicted octanol–water partition coefficient (Wildman–Crippen LogP) is -1.90. The van der Waals surface area contributed by atoms with Crippen molar-refractivity contribution in [1.29, 1.82) is 0 Å². The maximum atomic E-state index is 9.33. The van der Waals surface area contributed by atoms with Crippen LogP contribution in [0.1, 0.15) is 0 Å². The van der Waals surface area contributed by atoms with Crippen molar-refractivity contribution in [3.05, 3.63) is 10.4 Å². The number of nitrogens with zero attached hydrogens (tertiary/aromatic N) is 3. The van der Waals surface area contributed by atoms with Crippen LogP contribution in [0.2, 0.25) is 0 Å². The van der Waals surface area contributed by atoms with Gasteiger partial charge in [0.2, 0.25) is 0 Å². The standard InChI is InChI=1S/C6H11N3O5/c7-9-8-2(1-10)5-3(11)4(12)6(13)14-5/h2-6,10-13H,1H2/t2-,3-,4+,5-,6?/m1/s1. The Kier molecular flexibility index (Phi) is 3.64. The zero-order valence-corrected chi connectivity index (χ0v) is 7.13. The van der Waals surface area contributed by atoms with Gasteiger partial charge in [0, 0.05) is 4.91 Å². The lowest BCUT2D eigenvalue weighted by Gasteiger charge is -2.18. The molecule has 1 aliphatic rings. The first kappa shape index (κ1) is 11.2. The van der Waals surface area contributed by atoms with Crippen molar-refractivity contribution in [2.45, 2.75) is 30.6 Å². The predicted molar refractivity (Wildman–Crippen MR) is 42.9 cm³/mol. The number of aliphatic hydroxyl groups excluding tert-OH is 4. The third kappa shape index (κ3) is 1.95. The van der Waals surface area contributed by atoms with Gasteiger partial charge in [-0.05, 0) is 5.53 Å². The van der Waals surface area contributed by atoms with Crippen molar-refractivity contribution in [2.24, 2.45) is 5.11 Å². The van der Waals surface area contributed by atoms with Gasteiger partial charge in [0.1, 0.15) is 18.3 Å². The van der Waals surface area contributed by atoms with Crippen LogP contribution in [0.15, 0.2) is 5.11 Å². The number of rotatable bonds is 3. The van der Waals surface area contributed by atoms with Gasteiger partial charge in [-0.1, -0.05) is 5.11 Å². The maximum absolute atomic E-state index is 9.33. The van der Waals surface area contributed by atoms with E-state index in [4.69, 9.17) is 25.6 Å². The number of azide groups is 1. The molecule has 1 fully saturated rings. The van der Waals surface area contributed by atoms with Crippen molar-refractivity contribution < 1.29 is 25.2 Å². The lowest BCUT2D eigenvalue weighted by atomic mass is 10.1. The monoisotopic (exact) mass is 205 g/mol. The molecule has 0 amide bonds. The van der Waals surface area contributed by atoms with E-state index in [1.165, 1.54) is 0 Å². The summed E-state index contributed by atoms with van der Waals surface area (Å²) < 4.78 is 4.72. The molecule has 5 atom stereocenters. The van der Waals surface area contributed by atoms with Crippen molar-refractivity contribution in [1.82, 2.24) is 0 Å². The molecule has 0 bridgehead atoms. The second-order valence-corrected chi connectivity index (χ2v) is 2.93. The molecule has 0 radical (unpaired) electrons. The van der Waals surface area contributed by atoms with Gasteiger partial charge < -0.3 is 25.2 Å². The lowest BCUT2D eigenvalue weighted by Crippen LogP contribution is -2.39. The molecule has 8 heteroatoms. The first-order chi connectivity index (χ1) is 6.61. The van der Waals surface area contributed by atoms with Crippen molar-refractivity contribution in [2.75, 3.05) is 6.61 Å². The molecule has 1 heterocycles. The normalized spacial score (nSPS) is 39.1. The Balaban J connectivity index is 2.73. The quantitative estimate of drug-likeness (QED) is 0.242. The Hall–Kier alpha value is -0.890. The molecule has 0 aliphatic carbocycles. The summed E-state index contributed by atoms with van der Waals surface area (Å²) in [5.41, 5.74) is 8.13. The van der Waals surface area contributed by atoms with Gasteiger partial charge >= 0.3 is 0 Å². The van der Waals surface area contributed by atoms with Crippen LogP contribution in [0.4, 0.5) is 0 Å². The van der Waals surface area contributed by atoms with Crippen LogP contribution in [0.3, 0.4) is 0 Å². The van der Waals surface area contributed by atoms with E-state index in [-0.39, 0.29) is 0 Å². The molecular weight excluding hydrogens is 194 g/mol. The number of aliphatic hydroxyl groups is 4. The zero-order chi connectivity index (χ0) is 10.7. The SMILES string of the molecule is [N-]=[N+]=N[C@H](CO)[C@H]1OC(O)[C@@H](O)[C@H]1O. The summed E-state index contributed by atoms with van der Waals surface area (Å²) >= 11 is 0. The minimum atomic E-state index is -1.53. The third-order valence-corrected chi connectivity index (χ3v) is 2.04. The molecule has 0 saturated carbocycles. The topological polar surface area (TPSA) is 139 Å². The average molecular weight is 205 g/mol. The summed E-state index contributed by atoms with van der Waals surface area (Å²) in [6, 6.07) is -1.03. The van der Waals surface area contributed by atoms with Gasteiger partial charge in [0.15, 0.2) is 6.29 Å². The van der Waals surface area contributed by atoms with Crippen LogP contribution in [0.25, 0.3) is 10.4 Å². The molecule has 1 unspecified atom stereocenters. The van der Waals surface area contributed by atoms with Gasteiger partial charge in [-0.3, -0.25) is 0 Å². The first-order valence-corrected chi connectivity index (χ1v) is 3.96. The number of hydrogen-bond acceptors (Lipinski definition) is 6. The maximum Gasteiger partial charge on any atom is 0.183 e. The van der Waals surface area contributed by atoms with E-state index >= 15 is 0 Å². The molecule has 1 rings (SSSR count). The van der Waals surface area contributed by atoms with E-state index in [1.807, 2.05) is 0 Å². The highest BCUT2D eigenvalue weighted by Gasteiger charge is 2.45. The van der Waals surface area contributed by atoms with E-state index in [9.17, 15) is 5.11 Å². The molecule has 0 aromatic rings. The second kappa shape index (κ2) is 4.56. The minimum Gasteiger partial charge on any atom is -0.396 e. The Bertz CT molecular complexity index is 244. The summed E-state index contributed by atoms with van der Waals surface area (Å²) in [7, 11) is 0. The molecule has 0 aromatic carbocycles. The minimum absolute atomic E-state index is 0.536. The van der Waals surface area contributed by atoms with Crippen LogP contribution in [-0.4, -0.2) is 57.7 Å².